The van der Waals surface area contributed by atoms with Crippen LogP contribution in [0.5, 0.6) is 5.75 Å². The van der Waals surface area contributed by atoms with Crippen LogP contribution in [0.1, 0.15) is 19.3 Å². The molecule has 2 N–H and O–H groups in total. The molecule has 2 fully saturated rings. The van der Waals surface area contributed by atoms with E-state index >= 15 is 0 Å². The minimum absolute atomic E-state index is 0.0385. The Hall–Kier alpha value is -1.72. The summed E-state index contributed by atoms with van der Waals surface area (Å²) in [5.41, 5.74) is 0. The van der Waals surface area contributed by atoms with Gasteiger partial charge >= 0.3 is 0 Å². The summed E-state index contributed by atoms with van der Waals surface area (Å²) in [5.74, 6) is 0.288. The average molecular weight is 442 g/mol. The second kappa shape index (κ2) is 10.1. The van der Waals surface area contributed by atoms with Gasteiger partial charge < -0.3 is 24.4 Å². The van der Waals surface area contributed by atoms with E-state index in [4.69, 9.17) is 9.47 Å². The summed E-state index contributed by atoms with van der Waals surface area (Å²) in [6.45, 7) is 2.77. The largest absolute Gasteiger partial charge is 0.495 e. The summed E-state index contributed by atoms with van der Waals surface area (Å²) in [4.78, 5) is 16.6. The molecule has 0 saturated carbocycles. The zero-order valence-electron chi connectivity index (χ0n) is 17.5. The summed E-state index contributed by atoms with van der Waals surface area (Å²) < 4.78 is 39.4. The smallest absolute Gasteiger partial charge is 0.244 e. The first-order chi connectivity index (χ1) is 14.3. The minimum atomic E-state index is -3.85. The number of rotatable bonds is 7. The number of ether oxygens (including phenoxy) is 2. The number of methoxy groups -OCH3 is 1. The summed E-state index contributed by atoms with van der Waals surface area (Å²) in [5, 5.41) is 9.77. The molecule has 0 bridgehead atoms. The maximum absolute atomic E-state index is 12.8. The van der Waals surface area contributed by atoms with Crippen molar-refractivity contribution in [2.45, 2.75) is 42.4 Å². The van der Waals surface area contributed by atoms with Crippen LogP contribution in [-0.4, -0.2) is 94.4 Å². The number of sulfonamides is 1. The molecule has 2 saturated heterocycles. The molecule has 1 aromatic carbocycles. The Morgan fingerprint density at radius 3 is 2.60 bits per heavy atom. The van der Waals surface area contributed by atoms with E-state index in [1.54, 1.807) is 18.2 Å². The van der Waals surface area contributed by atoms with Crippen molar-refractivity contribution in [3.05, 3.63) is 24.3 Å². The number of nitrogens with zero attached hydrogens (tertiary/aromatic N) is 2. The third-order valence-corrected chi connectivity index (χ3v) is 7.25. The number of likely N-dealkylation sites (N-methyl/N-ethyl adjacent to an activating group) is 1. The quantitative estimate of drug-likeness (QED) is 0.615. The van der Waals surface area contributed by atoms with Gasteiger partial charge in [0.05, 0.1) is 38.4 Å². The second-order valence-electron chi connectivity index (χ2n) is 7.82. The number of para-hydroxylation sites is 1. The van der Waals surface area contributed by atoms with Crippen molar-refractivity contribution in [1.82, 2.24) is 14.5 Å². The molecule has 0 aliphatic carbocycles. The van der Waals surface area contributed by atoms with Gasteiger partial charge in [0, 0.05) is 26.2 Å². The lowest BCUT2D eigenvalue weighted by atomic mass is 9.97. The molecule has 168 valence electrons. The first-order valence-corrected chi connectivity index (χ1v) is 11.7. The molecule has 0 unspecified atom stereocenters. The van der Waals surface area contributed by atoms with Crippen LogP contribution in [0.15, 0.2) is 29.2 Å². The predicted octanol–water partition coefficient (Wildman–Crippen LogP) is 0.0461. The molecule has 0 aromatic heterocycles. The van der Waals surface area contributed by atoms with Gasteiger partial charge in [-0.3, -0.25) is 4.79 Å². The second-order valence-corrected chi connectivity index (χ2v) is 9.51. The zero-order valence-corrected chi connectivity index (χ0v) is 18.3. The highest BCUT2D eigenvalue weighted by atomic mass is 32.2. The van der Waals surface area contributed by atoms with E-state index in [0.29, 0.717) is 25.9 Å². The summed E-state index contributed by atoms with van der Waals surface area (Å²) >= 11 is 0. The SMILES string of the molecule is COc1ccccc1S(=O)(=O)N[C@H]1CC[C@H](CC(=O)N2CCN(C)CC2)O[C@H]1CO. The van der Waals surface area contributed by atoms with Crippen molar-refractivity contribution in [3.8, 4) is 5.75 Å². The van der Waals surface area contributed by atoms with Gasteiger partial charge in [-0.05, 0) is 32.0 Å². The Labute approximate surface area is 178 Å². The van der Waals surface area contributed by atoms with Gasteiger partial charge in [-0.2, -0.15) is 0 Å². The molecular formula is C20H31N3O6S. The number of hydrogen-bond acceptors (Lipinski definition) is 7. The highest BCUT2D eigenvalue weighted by molar-refractivity contribution is 7.89. The van der Waals surface area contributed by atoms with Crippen LogP contribution < -0.4 is 9.46 Å². The molecule has 1 amide bonds. The fourth-order valence-electron chi connectivity index (χ4n) is 3.90. The van der Waals surface area contributed by atoms with E-state index in [-0.39, 0.29) is 35.7 Å². The van der Waals surface area contributed by atoms with E-state index < -0.39 is 22.2 Å². The van der Waals surface area contributed by atoms with Crippen molar-refractivity contribution in [2.24, 2.45) is 0 Å². The Balaban J connectivity index is 1.60. The Kier molecular flexibility index (Phi) is 7.70. The summed E-state index contributed by atoms with van der Waals surface area (Å²) in [6.07, 6.45) is 0.205. The van der Waals surface area contributed by atoms with Crippen molar-refractivity contribution < 1.29 is 27.8 Å². The minimum Gasteiger partial charge on any atom is -0.495 e. The Bertz CT molecular complexity index is 826. The van der Waals surface area contributed by atoms with E-state index in [1.807, 2.05) is 11.9 Å². The molecule has 0 radical (unpaired) electrons. The molecule has 3 rings (SSSR count). The van der Waals surface area contributed by atoms with Crippen molar-refractivity contribution in [2.75, 3.05) is 46.9 Å². The molecule has 0 spiro atoms. The molecule has 2 aliphatic heterocycles. The summed E-state index contributed by atoms with van der Waals surface area (Å²) in [7, 11) is -0.409. The van der Waals surface area contributed by atoms with Crippen LogP contribution in [-0.2, 0) is 19.6 Å². The van der Waals surface area contributed by atoms with Gasteiger partial charge in [-0.25, -0.2) is 13.1 Å². The first kappa shape index (κ1) is 23.0. The fourth-order valence-corrected chi connectivity index (χ4v) is 5.37. The number of nitrogens with one attached hydrogen (secondary N) is 1. The van der Waals surface area contributed by atoms with Gasteiger partial charge in [0.15, 0.2) is 0 Å². The van der Waals surface area contributed by atoms with Gasteiger partial charge in [-0.1, -0.05) is 12.1 Å². The van der Waals surface area contributed by atoms with Crippen molar-refractivity contribution in [1.29, 1.82) is 0 Å². The van der Waals surface area contributed by atoms with Crippen LogP contribution in [0.2, 0.25) is 0 Å². The first-order valence-electron chi connectivity index (χ1n) is 10.2. The number of aliphatic hydroxyl groups excluding tert-OH is 1. The van der Waals surface area contributed by atoms with Crippen LogP contribution in [0, 0.1) is 0 Å². The average Bonchev–Trinajstić information content (AvgIpc) is 2.75. The highest BCUT2D eigenvalue weighted by Gasteiger charge is 2.36. The van der Waals surface area contributed by atoms with Crippen molar-refractivity contribution >= 4 is 15.9 Å². The molecule has 3 atom stereocenters. The van der Waals surface area contributed by atoms with Gasteiger partial charge in [-0.15, -0.1) is 0 Å². The molecule has 10 heteroatoms. The maximum atomic E-state index is 12.8. The third kappa shape index (κ3) is 5.50. The summed E-state index contributed by atoms with van der Waals surface area (Å²) in [6, 6.07) is 5.78. The Morgan fingerprint density at radius 1 is 1.23 bits per heavy atom. The number of amides is 1. The van der Waals surface area contributed by atoms with E-state index in [2.05, 4.69) is 9.62 Å². The number of benzene rings is 1. The third-order valence-electron chi connectivity index (χ3n) is 5.72. The zero-order chi connectivity index (χ0) is 21.7. The van der Waals surface area contributed by atoms with Crippen LogP contribution in [0.3, 0.4) is 0 Å². The maximum Gasteiger partial charge on any atom is 0.244 e. The highest BCUT2D eigenvalue weighted by Crippen LogP contribution is 2.27. The Morgan fingerprint density at radius 2 is 1.93 bits per heavy atom. The monoisotopic (exact) mass is 441 g/mol. The van der Waals surface area contributed by atoms with E-state index in [0.717, 1.165) is 13.1 Å². The van der Waals surface area contributed by atoms with Gasteiger partial charge in [0.1, 0.15) is 10.6 Å². The lowest BCUT2D eigenvalue weighted by Crippen LogP contribution is -2.52. The molecule has 9 nitrogen and oxygen atoms in total. The molecular weight excluding hydrogens is 410 g/mol. The van der Waals surface area contributed by atoms with E-state index in [1.165, 1.54) is 13.2 Å². The number of carbonyl (C=O) groups excluding carboxylic acids is 1. The number of piperazine rings is 1. The normalized spacial score (nSPS) is 25.8. The lowest BCUT2D eigenvalue weighted by molar-refractivity contribution is -0.141. The van der Waals surface area contributed by atoms with Crippen LogP contribution >= 0.6 is 0 Å². The predicted molar refractivity (Wildman–Crippen MR) is 111 cm³/mol. The van der Waals surface area contributed by atoms with Crippen LogP contribution in [0.25, 0.3) is 0 Å². The number of aliphatic hydroxyl groups is 1. The van der Waals surface area contributed by atoms with Crippen LogP contribution in [0.4, 0.5) is 0 Å². The standard InChI is InChI=1S/C20H31N3O6S/c1-22-9-11-23(12-10-22)20(25)13-15-7-8-16(18(14-24)29-15)21-30(26,27)19-6-4-3-5-17(19)28-2/h3-6,15-16,18,21,24H,7-14H2,1-2H3/t15-,16+,18+/m1/s1. The molecule has 2 heterocycles. The van der Waals surface area contributed by atoms with E-state index in [9.17, 15) is 18.3 Å². The molecule has 1 aromatic rings. The fraction of sp³-hybridized carbons (Fsp3) is 0.650. The van der Waals surface area contributed by atoms with Crippen molar-refractivity contribution in [3.63, 3.8) is 0 Å². The number of carbonyl (C=O) groups is 1. The molecule has 30 heavy (non-hydrogen) atoms. The topological polar surface area (TPSA) is 108 Å². The van der Waals surface area contributed by atoms with Gasteiger partial charge in [0.25, 0.3) is 0 Å². The lowest BCUT2D eigenvalue weighted by Gasteiger charge is -2.37. The number of hydrogen-bond donors (Lipinski definition) is 2. The van der Waals surface area contributed by atoms with Gasteiger partial charge in [0.2, 0.25) is 15.9 Å². The molecule has 2 aliphatic rings.